The van der Waals surface area contributed by atoms with Gasteiger partial charge in [-0.15, -0.1) is 0 Å². The van der Waals surface area contributed by atoms with Gasteiger partial charge in [-0.05, 0) is 44.0 Å². The summed E-state index contributed by atoms with van der Waals surface area (Å²) in [6.07, 6.45) is 0. The van der Waals surface area contributed by atoms with E-state index in [1.165, 1.54) is 11.1 Å². The first-order chi connectivity index (χ1) is 10.6. The largest absolute Gasteiger partial charge is 0.323 e. The Morgan fingerprint density at radius 3 is 2.50 bits per heavy atom. The summed E-state index contributed by atoms with van der Waals surface area (Å²) >= 11 is 0. The zero-order valence-electron chi connectivity index (χ0n) is 13.2. The van der Waals surface area contributed by atoms with Crippen LogP contribution < -0.4 is 0 Å². The van der Waals surface area contributed by atoms with Gasteiger partial charge in [0.2, 0.25) is 0 Å². The lowest BCUT2D eigenvalue weighted by atomic mass is 10.1. The molecule has 0 saturated carbocycles. The fourth-order valence-electron chi connectivity index (χ4n) is 2.69. The van der Waals surface area contributed by atoms with E-state index in [1.54, 1.807) is 0 Å². The molecule has 0 saturated heterocycles. The third kappa shape index (κ3) is 2.48. The molecule has 0 fully saturated rings. The number of imidazole rings is 1. The fraction of sp³-hybridized carbons (Fsp3) is 0.263. The van der Waals surface area contributed by atoms with E-state index in [9.17, 15) is 5.26 Å². The number of benzene rings is 2. The van der Waals surface area contributed by atoms with Crippen LogP contribution in [0.1, 0.15) is 18.1 Å². The second-order valence-electron chi connectivity index (χ2n) is 5.87. The minimum Gasteiger partial charge on any atom is -0.323 e. The Labute approximate surface area is 130 Å². The first-order valence-electron chi connectivity index (χ1n) is 7.52. The Balaban J connectivity index is 2.26. The number of hydrogen-bond acceptors (Lipinski definition) is 2. The maximum atomic E-state index is 9.18. The average molecular weight is 289 g/mol. The molecule has 2 aromatic carbocycles. The van der Waals surface area contributed by atoms with Crippen molar-refractivity contribution in [2.45, 2.75) is 27.3 Å². The van der Waals surface area contributed by atoms with Crippen molar-refractivity contribution in [3.63, 3.8) is 0 Å². The first kappa shape index (κ1) is 14.3. The molecule has 3 rings (SSSR count). The molecule has 1 heterocycles. The monoisotopic (exact) mass is 289 g/mol. The lowest BCUT2D eigenvalue weighted by Crippen LogP contribution is -2.07. The van der Waals surface area contributed by atoms with E-state index in [4.69, 9.17) is 4.98 Å². The van der Waals surface area contributed by atoms with Crippen LogP contribution in [0, 0.1) is 31.1 Å². The number of aromatic nitrogens is 2. The minimum absolute atomic E-state index is 0.0542. The summed E-state index contributed by atoms with van der Waals surface area (Å²) in [6.45, 7) is 6.82. The molecule has 3 nitrogen and oxygen atoms in total. The van der Waals surface area contributed by atoms with Gasteiger partial charge in [0.1, 0.15) is 5.82 Å². The number of aryl methyl sites for hydroxylation is 2. The highest BCUT2D eigenvalue weighted by atomic mass is 15.1. The number of fused-ring (bicyclic) bond motifs is 1. The third-order valence-corrected chi connectivity index (χ3v) is 4.07. The predicted octanol–water partition coefficient (Wildman–Crippen LogP) is 4.48. The van der Waals surface area contributed by atoms with Crippen LogP contribution in [0.2, 0.25) is 0 Å². The van der Waals surface area contributed by atoms with Gasteiger partial charge in [0.15, 0.2) is 0 Å². The van der Waals surface area contributed by atoms with Crippen molar-refractivity contribution in [1.82, 2.24) is 9.55 Å². The van der Waals surface area contributed by atoms with E-state index in [2.05, 4.69) is 48.7 Å². The zero-order chi connectivity index (χ0) is 15.7. The molecule has 0 aliphatic carbocycles. The quantitative estimate of drug-likeness (QED) is 0.713. The van der Waals surface area contributed by atoms with Gasteiger partial charge in [0, 0.05) is 12.1 Å². The molecule has 0 N–H and O–H groups in total. The molecule has 1 atom stereocenters. The molecule has 22 heavy (non-hydrogen) atoms. The van der Waals surface area contributed by atoms with Gasteiger partial charge in [-0.3, -0.25) is 0 Å². The van der Waals surface area contributed by atoms with Crippen LogP contribution in [0.4, 0.5) is 0 Å². The van der Waals surface area contributed by atoms with E-state index in [-0.39, 0.29) is 5.92 Å². The van der Waals surface area contributed by atoms with Gasteiger partial charge >= 0.3 is 0 Å². The highest BCUT2D eigenvalue weighted by Gasteiger charge is 2.15. The number of hydrogen-bond donors (Lipinski definition) is 0. The molecular weight excluding hydrogens is 270 g/mol. The smallest absolute Gasteiger partial charge is 0.141 e. The molecular formula is C19H19N3. The van der Waals surface area contributed by atoms with Crippen LogP contribution in [0.5, 0.6) is 0 Å². The van der Waals surface area contributed by atoms with E-state index >= 15 is 0 Å². The van der Waals surface area contributed by atoms with Gasteiger partial charge in [-0.25, -0.2) is 4.98 Å². The normalized spacial score (nSPS) is 12.3. The van der Waals surface area contributed by atoms with E-state index in [0.29, 0.717) is 6.54 Å². The van der Waals surface area contributed by atoms with Crippen LogP contribution in [0.25, 0.3) is 22.4 Å². The summed E-state index contributed by atoms with van der Waals surface area (Å²) in [6, 6.07) is 16.8. The molecule has 1 unspecified atom stereocenters. The first-order valence-corrected chi connectivity index (χ1v) is 7.52. The van der Waals surface area contributed by atoms with Gasteiger partial charge in [-0.1, -0.05) is 30.3 Å². The second-order valence-corrected chi connectivity index (χ2v) is 5.87. The van der Waals surface area contributed by atoms with Crippen LogP contribution in [-0.4, -0.2) is 9.55 Å². The van der Waals surface area contributed by atoms with Crippen LogP contribution >= 0.6 is 0 Å². The number of rotatable bonds is 3. The second kappa shape index (κ2) is 5.65. The lowest BCUT2D eigenvalue weighted by molar-refractivity contribution is 0.597. The number of nitriles is 1. The summed E-state index contributed by atoms with van der Waals surface area (Å²) in [7, 11) is 0. The van der Waals surface area contributed by atoms with Crippen molar-refractivity contribution in [2.75, 3.05) is 0 Å². The van der Waals surface area contributed by atoms with Crippen LogP contribution in [0.15, 0.2) is 42.5 Å². The predicted molar refractivity (Wildman–Crippen MR) is 89.4 cm³/mol. The number of nitrogens with zero attached hydrogens (tertiary/aromatic N) is 3. The Kier molecular flexibility index (Phi) is 3.68. The van der Waals surface area contributed by atoms with Gasteiger partial charge in [-0.2, -0.15) is 5.26 Å². The van der Waals surface area contributed by atoms with Gasteiger partial charge in [0.05, 0.1) is 23.0 Å². The standard InChI is InChI=1S/C19H19N3/c1-13(11-20)12-22-18-10-15(3)14(2)9-17(18)21-19(22)16-7-5-4-6-8-16/h4-10,13H,12H2,1-3H3. The van der Waals surface area contributed by atoms with Gasteiger partial charge in [0.25, 0.3) is 0 Å². The average Bonchev–Trinajstić information content (AvgIpc) is 2.86. The van der Waals surface area contributed by atoms with E-state index in [1.807, 2.05) is 25.1 Å². The van der Waals surface area contributed by atoms with Gasteiger partial charge < -0.3 is 4.57 Å². The van der Waals surface area contributed by atoms with Crippen LogP contribution in [-0.2, 0) is 6.54 Å². The Morgan fingerprint density at radius 2 is 1.82 bits per heavy atom. The lowest BCUT2D eigenvalue weighted by Gasteiger charge is -2.11. The summed E-state index contributed by atoms with van der Waals surface area (Å²) in [5, 5.41) is 9.18. The molecule has 1 aromatic heterocycles. The molecule has 3 heteroatoms. The Hall–Kier alpha value is -2.60. The Bertz CT molecular complexity index is 854. The van der Waals surface area contributed by atoms with E-state index in [0.717, 1.165) is 22.4 Å². The van der Waals surface area contributed by atoms with Crippen molar-refractivity contribution < 1.29 is 0 Å². The Morgan fingerprint density at radius 1 is 1.14 bits per heavy atom. The SMILES string of the molecule is Cc1cc2nc(-c3ccccc3)n(CC(C)C#N)c2cc1C. The highest BCUT2D eigenvalue weighted by molar-refractivity contribution is 5.82. The van der Waals surface area contributed by atoms with Crippen LogP contribution in [0.3, 0.4) is 0 Å². The van der Waals surface area contributed by atoms with Crippen molar-refractivity contribution in [3.8, 4) is 17.5 Å². The maximum Gasteiger partial charge on any atom is 0.141 e. The molecule has 0 bridgehead atoms. The topological polar surface area (TPSA) is 41.6 Å². The molecule has 0 aliphatic heterocycles. The molecule has 0 amide bonds. The molecule has 3 aromatic rings. The summed E-state index contributed by atoms with van der Waals surface area (Å²) < 4.78 is 2.17. The summed E-state index contributed by atoms with van der Waals surface area (Å²) in [5.74, 6) is 0.879. The molecule has 0 aliphatic rings. The van der Waals surface area contributed by atoms with Crippen molar-refractivity contribution in [2.24, 2.45) is 5.92 Å². The third-order valence-electron chi connectivity index (χ3n) is 4.07. The van der Waals surface area contributed by atoms with Crippen molar-refractivity contribution >= 4 is 11.0 Å². The molecule has 0 spiro atoms. The summed E-state index contributed by atoms with van der Waals surface area (Å²) in [4.78, 5) is 4.83. The fourth-order valence-corrected chi connectivity index (χ4v) is 2.69. The van der Waals surface area contributed by atoms with Crippen molar-refractivity contribution in [3.05, 3.63) is 53.6 Å². The summed E-state index contributed by atoms with van der Waals surface area (Å²) in [5.41, 5.74) is 5.67. The van der Waals surface area contributed by atoms with E-state index < -0.39 is 0 Å². The minimum atomic E-state index is -0.0542. The molecule has 0 radical (unpaired) electrons. The zero-order valence-corrected chi connectivity index (χ0v) is 13.2. The van der Waals surface area contributed by atoms with Crippen molar-refractivity contribution in [1.29, 1.82) is 5.26 Å². The maximum absolute atomic E-state index is 9.18. The molecule has 110 valence electrons. The highest BCUT2D eigenvalue weighted by Crippen LogP contribution is 2.27.